The number of pyridine rings is 1. The summed E-state index contributed by atoms with van der Waals surface area (Å²) in [5, 5.41) is 5.63. The number of benzene rings is 1. The lowest BCUT2D eigenvalue weighted by Gasteiger charge is -2.09. The number of amides is 2. The van der Waals surface area contributed by atoms with Gasteiger partial charge in [0.1, 0.15) is 5.75 Å². The Bertz CT molecular complexity index is 996. The van der Waals surface area contributed by atoms with E-state index in [1.165, 1.54) is 7.11 Å². The predicted molar refractivity (Wildman–Crippen MR) is 107 cm³/mol. The summed E-state index contributed by atoms with van der Waals surface area (Å²) in [5.74, 6) is -0.0412. The second kappa shape index (κ2) is 8.53. The molecular formula is C20H23N5O3. The Balaban J connectivity index is 1.89. The summed E-state index contributed by atoms with van der Waals surface area (Å²) in [6, 6.07) is 12.4. The van der Waals surface area contributed by atoms with Gasteiger partial charge in [-0.25, -0.2) is 4.98 Å². The first-order valence-electron chi connectivity index (χ1n) is 8.85. The number of methoxy groups -OCH3 is 1. The van der Waals surface area contributed by atoms with Crippen LogP contribution in [0.15, 0.2) is 48.7 Å². The smallest absolute Gasteiger partial charge is 0.287 e. The molecule has 2 amide bonds. The van der Waals surface area contributed by atoms with Gasteiger partial charge in [0.2, 0.25) is 5.82 Å². The topological polar surface area (TPSA) is 88.0 Å². The fourth-order valence-electron chi connectivity index (χ4n) is 2.77. The van der Waals surface area contributed by atoms with Crippen LogP contribution in [-0.2, 0) is 0 Å². The van der Waals surface area contributed by atoms with Crippen molar-refractivity contribution in [3.63, 3.8) is 0 Å². The van der Waals surface area contributed by atoms with Gasteiger partial charge in [0.15, 0.2) is 5.69 Å². The molecular weight excluding hydrogens is 358 g/mol. The van der Waals surface area contributed by atoms with Gasteiger partial charge in [-0.15, -0.1) is 0 Å². The van der Waals surface area contributed by atoms with Gasteiger partial charge in [-0.05, 0) is 38.4 Å². The van der Waals surface area contributed by atoms with E-state index in [-0.39, 0.29) is 17.4 Å². The molecule has 0 aliphatic carbocycles. The zero-order valence-corrected chi connectivity index (χ0v) is 16.1. The minimum Gasteiger partial charge on any atom is -0.495 e. The van der Waals surface area contributed by atoms with E-state index in [0.29, 0.717) is 30.0 Å². The standard InChI is InChI=1S/C20H23N5O3/c1-24(2)13-11-21-20(27)18-23-17(15-9-6-7-12-25(15)18)19(26)22-14-8-4-5-10-16(14)28-3/h4-10,12H,11,13H2,1-3H3,(H,21,27)(H,22,26). The molecule has 0 aliphatic rings. The van der Waals surface area contributed by atoms with Crippen molar-refractivity contribution in [3.05, 3.63) is 60.2 Å². The quantitative estimate of drug-likeness (QED) is 0.653. The van der Waals surface area contributed by atoms with Gasteiger partial charge >= 0.3 is 0 Å². The maximum atomic E-state index is 12.9. The molecule has 0 atom stereocenters. The number of carbonyl (C=O) groups is 2. The average molecular weight is 381 g/mol. The molecule has 0 bridgehead atoms. The molecule has 2 aromatic heterocycles. The molecule has 8 heteroatoms. The molecule has 0 unspecified atom stereocenters. The van der Waals surface area contributed by atoms with Gasteiger partial charge in [0.05, 0.1) is 18.3 Å². The summed E-state index contributed by atoms with van der Waals surface area (Å²) in [5.41, 5.74) is 1.25. The van der Waals surface area contributed by atoms with Crippen LogP contribution in [0.2, 0.25) is 0 Å². The Hall–Kier alpha value is -3.39. The van der Waals surface area contributed by atoms with Crippen LogP contribution >= 0.6 is 0 Å². The van der Waals surface area contributed by atoms with Crippen LogP contribution in [0, 0.1) is 0 Å². The fraction of sp³-hybridized carbons (Fsp3) is 0.250. The average Bonchev–Trinajstić information content (AvgIpc) is 3.08. The number of hydrogen-bond donors (Lipinski definition) is 2. The highest BCUT2D eigenvalue weighted by Crippen LogP contribution is 2.24. The molecule has 0 saturated carbocycles. The number of nitrogens with one attached hydrogen (secondary N) is 2. The third-order valence-corrected chi connectivity index (χ3v) is 4.17. The second-order valence-electron chi connectivity index (χ2n) is 6.45. The van der Waals surface area contributed by atoms with Crippen LogP contribution in [0.5, 0.6) is 5.75 Å². The Labute approximate surface area is 163 Å². The van der Waals surface area contributed by atoms with Gasteiger partial charge in [0, 0.05) is 19.3 Å². The predicted octanol–water partition coefficient (Wildman–Crippen LogP) is 1.89. The summed E-state index contributed by atoms with van der Waals surface area (Å²) in [7, 11) is 5.39. The molecule has 146 valence electrons. The van der Waals surface area contributed by atoms with Crippen LogP contribution in [0.3, 0.4) is 0 Å². The lowest BCUT2D eigenvalue weighted by molar-refractivity contribution is 0.0940. The van der Waals surface area contributed by atoms with Crippen molar-refractivity contribution in [2.45, 2.75) is 0 Å². The number of para-hydroxylation sites is 2. The minimum atomic E-state index is -0.416. The Morgan fingerprint density at radius 2 is 1.86 bits per heavy atom. The van der Waals surface area contributed by atoms with Crippen molar-refractivity contribution < 1.29 is 14.3 Å². The van der Waals surface area contributed by atoms with E-state index in [9.17, 15) is 9.59 Å². The number of carbonyl (C=O) groups excluding carboxylic acids is 2. The molecule has 3 aromatic rings. The normalized spacial score (nSPS) is 10.9. The Morgan fingerprint density at radius 1 is 1.11 bits per heavy atom. The van der Waals surface area contributed by atoms with E-state index in [0.717, 1.165) is 0 Å². The van der Waals surface area contributed by atoms with Crippen LogP contribution < -0.4 is 15.4 Å². The first-order valence-corrected chi connectivity index (χ1v) is 8.85. The molecule has 8 nitrogen and oxygen atoms in total. The van der Waals surface area contributed by atoms with E-state index in [1.54, 1.807) is 47.0 Å². The van der Waals surface area contributed by atoms with E-state index < -0.39 is 5.91 Å². The van der Waals surface area contributed by atoms with Crippen molar-refractivity contribution in [2.24, 2.45) is 0 Å². The third-order valence-electron chi connectivity index (χ3n) is 4.17. The highest BCUT2D eigenvalue weighted by Gasteiger charge is 2.22. The number of hydrogen-bond acceptors (Lipinski definition) is 5. The molecule has 0 fully saturated rings. The molecule has 0 saturated heterocycles. The highest BCUT2D eigenvalue weighted by atomic mass is 16.5. The summed E-state index contributed by atoms with van der Waals surface area (Å²) in [4.78, 5) is 31.7. The van der Waals surface area contributed by atoms with Gasteiger partial charge < -0.3 is 20.3 Å². The molecule has 28 heavy (non-hydrogen) atoms. The number of aromatic nitrogens is 2. The van der Waals surface area contributed by atoms with Gasteiger partial charge in [0.25, 0.3) is 11.8 Å². The summed E-state index contributed by atoms with van der Waals surface area (Å²) in [6.45, 7) is 1.19. The SMILES string of the molecule is COc1ccccc1NC(=O)c1nc(C(=O)NCCN(C)C)n2ccccc12. The summed E-state index contributed by atoms with van der Waals surface area (Å²) in [6.07, 6.45) is 1.71. The molecule has 0 spiro atoms. The monoisotopic (exact) mass is 381 g/mol. The van der Waals surface area contributed by atoms with Gasteiger partial charge in [-0.1, -0.05) is 18.2 Å². The molecule has 0 aliphatic heterocycles. The van der Waals surface area contributed by atoms with Crippen LogP contribution in [0.1, 0.15) is 21.1 Å². The maximum Gasteiger partial charge on any atom is 0.287 e. The minimum absolute atomic E-state index is 0.166. The van der Waals surface area contributed by atoms with Crippen LogP contribution in [-0.4, -0.2) is 60.4 Å². The zero-order valence-electron chi connectivity index (χ0n) is 16.1. The number of anilines is 1. The number of ether oxygens (including phenoxy) is 1. The van der Waals surface area contributed by atoms with E-state index in [2.05, 4.69) is 15.6 Å². The van der Waals surface area contributed by atoms with Crippen LogP contribution in [0.4, 0.5) is 5.69 Å². The second-order valence-corrected chi connectivity index (χ2v) is 6.45. The van der Waals surface area contributed by atoms with E-state index >= 15 is 0 Å². The third kappa shape index (κ3) is 4.12. The van der Waals surface area contributed by atoms with Crippen molar-refractivity contribution in [2.75, 3.05) is 39.6 Å². The summed E-state index contributed by atoms with van der Waals surface area (Å²) >= 11 is 0. The van der Waals surface area contributed by atoms with Crippen molar-refractivity contribution in [3.8, 4) is 5.75 Å². The van der Waals surface area contributed by atoms with Gasteiger partial charge in [-0.3, -0.25) is 14.0 Å². The zero-order chi connectivity index (χ0) is 20.1. The highest BCUT2D eigenvalue weighted by molar-refractivity contribution is 6.09. The van der Waals surface area contributed by atoms with Crippen molar-refractivity contribution in [1.82, 2.24) is 19.6 Å². The molecule has 2 N–H and O–H groups in total. The lowest BCUT2D eigenvalue weighted by Crippen LogP contribution is -2.32. The van der Waals surface area contributed by atoms with Crippen molar-refractivity contribution in [1.29, 1.82) is 0 Å². The molecule has 0 radical (unpaired) electrons. The number of nitrogens with zero attached hydrogens (tertiary/aromatic N) is 3. The van der Waals surface area contributed by atoms with E-state index in [1.807, 2.05) is 25.1 Å². The first-order chi connectivity index (χ1) is 13.5. The van der Waals surface area contributed by atoms with Gasteiger partial charge in [-0.2, -0.15) is 0 Å². The Morgan fingerprint density at radius 3 is 2.61 bits per heavy atom. The summed E-state index contributed by atoms with van der Waals surface area (Å²) < 4.78 is 6.88. The van der Waals surface area contributed by atoms with Crippen LogP contribution in [0.25, 0.3) is 5.52 Å². The Kier molecular flexibility index (Phi) is 5.90. The van der Waals surface area contributed by atoms with E-state index in [4.69, 9.17) is 4.74 Å². The molecule has 3 rings (SSSR count). The fourth-order valence-corrected chi connectivity index (χ4v) is 2.77. The maximum absolute atomic E-state index is 12.9. The first kappa shape index (κ1) is 19.4. The number of likely N-dealkylation sites (N-methyl/N-ethyl adjacent to an activating group) is 1. The largest absolute Gasteiger partial charge is 0.495 e. The molecule has 2 heterocycles. The lowest BCUT2D eigenvalue weighted by atomic mass is 10.2. The number of rotatable bonds is 7. The molecule has 1 aromatic carbocycles. The number of imidazole rings is 1. The van der Waals surface area contributed by atoms with Crippen molar-refractivity contribution >= 4 is 23.0 Å². The number of fused-ring (bicyclic) bond motifs is 1.